The van der Waals surface area contributed by atoms with E-state index in [-0.39, 0.29) is 21.0 Å². The van der Waals surface area contributed by atoms with E-state index < -0.39 is 21.9 Å². The van der Waals surface area contributed by atoms with Crippen molar-refractivity contribution in [2.24, 2.45) is 0 Å². The Morgan fingerprint density at radius 1 is 1.00 bits per heavy atom. The molecule has 1 amide bonds. The average Bonchev–Trinajstić information content (AvgIpc) is 3.21. The highest BCUT2D eigenvalue weighted by Gasteiger charge is 2.26. The van der Waals surface area contributed by atoms with Gasteiger partial charge in [0.25, 0.3) is 15.9 Å². The van der Waals surface area contributed by atoms with Crippen molar-refractivity contribution in [3.05, 3.63) is 73.3 Å². The summed E-state index contributed by atoms with van der Waals surface area (Å²) >= 11 is 7.57. The lowest BCUT2D eigenvalue weighted by Gasteiger charge is -2.13. The van der Waals surface area contributed by atoms with Gasteiger partial charge in [-0.05, 0) is 53.9 Å². The summed E-state index contributed by atoms with van der Waals surface area (Å²) in [6.07, 6.45) is 0. The maximum atomic E-state index is 12.9. The molecule has 1 aromatic heterocycles. The lowest BCUT2D eigenvalue weighted by Crippen LogP contribution is -2.20. The Kier molecular flexibility index (Phi) is 6.96. The number of carbonyl (C=O) groups excluding carboxylic acids is 2. The van der Waals surface area contributed by atoms with Crippen LogP contribution >= 0.6 is 43.2 Å². The average molecular weight is 574 g/mol. The standard InChI is InChI=1S/C19H14Br2N2O5S2/c1-28-19(25)17-16(8-9-29-17)30(26,27)23-15-7-4-12(21)10-14(15)18(24)22-13-5-2-11(20)3-6-13/h2-10,23H,1H3,(H,22,24). The van der Waals surface area contributed by atoms with Crippen molar-refractivity contribution in [3.8, 4) is 0 Å². The molecule has 0 aliphatic rings. The molecule has 2 N–H and O–H groups in total. The van der Waals surface area contributed by atoms with Gasteiger partial charge in [0.15, 0.2) is 0 Å². The summed E-state index contributed by atoms with van der Waals surface area (Å²) < 4.78 is 34.3. The van der Waals surface area contributed by atoms with Crippen molar-refractivity contribution in [2.45, 2.75) is 4.90 Å². The topological polar surface area (TPSA) is 102 Å². The maximum absolute atomic E-state index is 12.9. The van der Waals surface area contributed by atoms with Gasteiger partial charge in [0.1, 0.15) is 9.77 Å². The molecule has 30 heavy (non-hydrogen) atoms. The fourth-order valence-electron chi connectivity index (χ4n) is 2.48. The van der Waals surface area contributed by atoms with Crippen LogP contribution < -0.4 is 10.0 Å². The van der Waals surface area contributed by atoms with Crippen LogP contribution in [0.1, 0.15) is 20.0 Å². The summed E-state index contributed by atoms with van der Waals surface area (Å²) in [5.74, 6) is -1.26. The lowest BCUT2D eigenvalue weighted by molar-refractivity contribution is 0.0602. The van der Waals surface area contributed by atoms with Crippen LogP contribution in [0.5, 0.6) is 0 Å². The number of thiophene rings is 1. The second kappa shape index (κ2) is 9.29. The summed E-state index contributed by atoms with van der Waals surface area (Å²) in [6, 6.07) is 12.8. The first kappa shape index (κ1) is 22.5. The molecule has 3 aromatic rings. The summed E-state index contributed by atoms with van der Waals surface area (Å²) in [6.45, 7) is 0. The van der Waals surface area contributed by atoms with Crippen LogP contribution in [0.25, 0.3) is 0 Å². The van der Waals surface area contributed by atoms with Crippen molar-refractivity contribution < 1.29 is 22.7 Å². The molecule has 0 radical (unpaired) electrons. The minimum Gasteiger partial charge on any atom is -0.465 e. The summed E-state index contributed by atoms with van der Waals surface area (Å²) in [7, 11) is -2.97. The highest BCUT2D eigenvalue weighted by Crippen LogP contribution is 2.28. The zero-order chi connectivity index (χ0) is 21.9. The van der Waals surface area contributed by atoms with Gasteiger partial charge in [0.2, 0.25) is 0 Å². The van der Waals surface area contributed by atoms with E-state index in [1.807, 2.05) is 0 Å². The quantitative estimate of drug-likeness (QED) is 0.399. The van der Waals surface area contributed by atoms with Gasteiger partial charge in [-0.1, -0.05) is 31.9 Å². The number of ether oxygens (including phenoxy) is 1. The Hall–Kier alpha value is -2.21. The lowest BCUT2D eigenvalue weighted by atomic mass is 10.1. The van der Waals surface area contributed by atoms with E-state index in [9.17, 15) is 18.0 Å². The summed E-state index contributed by atoms with van der Waals surface area (Å²) in [5.41, 5.74) is 0.711. The summed E-state index contributed by atoms with van der Waals surface area (Å²) in [4.78, 5) is 24.4. The van der Waals surface area contributed by atoms with Gasteiger partial charge >= 0.3 is 5.97 Å². The number of esters is 1. The maximum Gasteiger partial charge on any atom is 0.349 e. The number of hydrogen-bond acceptors (Lipinski definition) is 6. The molecular weight excluding hydrogens is 560 g/mol. The SMILES string of the molecule is COC(=O)c1sccc1S(=O)(=O)Nc1ccc(Br)cc1C(=O)Nc1ccc(Br)cc1. The van der Waals surface area contributed by atoms with Gasteiger partial charge in [0, 0.05) is 14.6 Å². The van der Waals surface area contributed by atoms with Crippen LogP contribution in [0, 0.1) is 0 Å². The number of halogens is 2. The van der Waals surface area contributed by atoms with E-state index in [4.69, 9.17) is 0 Å². The normalized spacial score (nSPS) is 11.0. The first-order valence-corrected chi connectivity index (χ1v) is 12.2. The van der Waals surface area contributed by atoms with Gasteiger partial charge in [0.05, 0.1) is 18.4 Å². The predicted octanol–water partition coefficient (Wildman–Crippen LogP) is 5.11. The van der Waals surface area contributed by atoms with Gasteiger partial charge in [-0.25, -0.2) is 13.2 Å². The van der Waals surface area contributed by atoms with Crippen molar-refractivity contribution in [1.82, 2.24) is 0 Å². The number of amides is 1. The third kappa shape index (κ3) is 5.09. The molecule has 0 fully saturated rings. The van der Waals surface area contributed by atoms with Gasteiger partial charge in [-0.2, -0.15) is 0 Å². The molecule has 0 saturated heterocycles. The molecule has 11 heteroatoms. The first-order chi connectivity index (χ1) is 14.2. The third-order valence-corrected chi connectivity index (χ3v) is 7.32. The molecule has 0 aliphatic heterocycles. The van der Waals surface area contributed by atoms with Crippen molar-refractivity contribution in [1.29, 1.82) is 0 Å². The summed E-state index contributed by atoms with van der Waals surface area (Å²) in [5, 5.41) is 4.20. The van der Waals surface area contributed by atoms with Gasteiger partial charge < -0.3 is 10.1 Å². The number of carbonyl (C=O) groups is 2. The van der Waals surface area contributed by atoms with E-state index in [1.165, 1.54) is 30.7 Å². The monoisotopic (exact) mass is 572 g/mol. The highest BCUT2D eigenvalue weighted by atomic mass is 79.9. The fourth-order valence-corrected chi connectivity index (χ4v) is 5.52. The molecule has 2 aromatic carbocycles. The largest absolute Gasteiger partial charge is 0.465 e. The van der Waals surface area contributed by atoms with Gasteiger partial charge in [-0.3, -0.25) is 9.52 Å². The number of sulfonamides is 1. The molecular formula is C19H14Br2N2O5S2. The minimum atomic E-state index is -4.15. The first-order valence-electron chi connectivity index (χ1n) is 8.26. The van der Waals surface area contributed by atoms with Gasteiger partial charge in [-0.15, -0.1) is 11.3 Å². The number of benzene rings is 2. The second-order valence-electron chi connectivity index (χ2n) is 5.86. The van der Waals surface area contributed by atoms with Crippen LogP contribution in [0.4, 0.5) is 11.4 Å². The number of rotatable bonds is 6. The molecule has 0 unspecified atom stereocenters. The second-order valence-corrected chi connectivity index (χ2v) is 10.3. The molecule has 156 valence electrons. The molecule has 0 atom stereocenters. The Morgan fingerprint density at radius 3 is 2.33 bits per heavy atom. The Bertz CT molecular complexity index is 1210. The smallest absolute Gasteiger partial charge is 0.349 e. The molecule has 3 rings (SSSR count). The van der Waals surface area contributed by atoms with E-state index in [0.29, 0.717) is 10.2 Å². The van der Waals surface area contributed by atoms with E-state index >= 15 is 0 Å². The number of methoxy groups -OCH3 is 1. The van der Waals surface area contributed by atoms with E-state index in [2.05, 4.69) is 46.6 Å². The van der Waals surface area contributed by atoms with Crippen LogP contribution in [0.2, 0.25) is 0 Å². The van der Waals surface area contributed by atoms with Crippen LogP contribution in [0.3, 0.4) is 0 Å². The van der Waals surface area contributed by atoms with E-state index in [1.54, 1.807) is 30.3 Å². The molecule has 0 aliphatic carbocycles. The minimum absolute atomic E-state index is 0.0528. The number of anilines is 2. The van der Waals surface area contributed by atoms with Crippen molar-refractivity contribution in [2.75, 3.05) is 17.1 Å². The predicted molar refractivity (Wildman–Crippen MR) is 123 cm³/mol. The van der Waals surface area contributed by atoms with Crippen LogP contribution in [-0.4, -0.2) is 27.4 Å². The molecule has 0 bridgehead atoms. The zero-order valence-electron chi connectivity index (χ0n) is 15.3. The molecule has 0 saturated carbocycles. The Balaban J connectivity index is 1.93. The molecule has 0 spiro atoms. The Labute approximate surface area is 193 Å². The van der Waals surface area contributed by atoms with Crippen molar-refractivity contribution in [3.63, 3.8) is 0 Å². The van der Waals surface area contributed by atoms with E-state index in [0.717, 1.165) is 15.8 Å². The van der Waals surface area contributed by atoms with Crippen LogP contribution in [-0.2, 0) is 14.8 Å². The molecule has 1 heterocycles. The Morgan fingerprint density at radius 2 is 1.67 bits per heavy atom. The highest BCUT2D eigenvalue weighted by molar-refractivity contribution is 9.10. The fraction of sp³-hybridized carbons (Fsp3) is 0.0526. The zero-order valence-corrected chi connectivity index (χ0v) is 20.1. The van der Waals surface area contributed by atoms with Crippen molar-refractivity contribution >= 4 is 76.5 Å². The number of hydrogen-bond donors (Lipinski definition) is 2. The van der Waals surface area contributed by atoms with Crippen LogP contribution in [0.15, 0.2) is 67.8 Å². The molecule has 7 nitrogen and oxygen atoms in total. The number of nitrogens with one attached hydrogen (secondary N) is 2. The third-order valence-electron chi connectivity index (χ3n) is 3.86.